The molecule has 3 heterocycles. The van der Waals surface area contributed by atoms with Crippen molar-refractivity contribution in [3.8, 4) is 23.0 Å². The van der Waals surface area contributed by atoms with E-state index < -0.39 is 4.92 Å². The summed E-state index contributed by atoms with van der Waals surface area (Å²) in [6.07, 6.45) is -0.392. The molecule has 1 aromatic heterocycles. The lowest BCUT2D eigenvalue weighted by Gasteiger charge is -2.28. The summed E-state index contributed by atoms with van der Waals surface area (Å²) in [6.45, 7) is 1.31. The van der Waals surface area contributed by atoms with Crippen LogP contribution >= 0.6 is 11.8 Å². The Balaban J connectivity index is 1.26. The number of nitro groups is 1. The van der Waals surface area contributed by atoms with E-state index in [1.165, 1.54) is 23.9 Å². The zero-order chi connectivity index (χ0) is 23.8. The van der Waals surface area contributed by atoms with Crippen LogP contribution in [0.15, 0.2) is 71.9 Å². The van der Waals surface area contributed by atoms with Crippen LogP contribution < -0.4 is 18.9 Å². The predicted octanol–water partition coefficient (Wildman–Crippen LogP) is 4.72. The van der Waals surface area contributed by atoms with E-state index in [2.05, 4.69) is 0 Å². The number of imidazole rings is 1. The molecule has 0 N–H and O–H groups in total. The van der Waals surface area contributed by atoms with E-state index in [-0.39, 0.29) is 17.9 Å². The highest BCUT2D eigenvalue weighted by Gasteiger charge is 2.26. The van der Waals surface area contributed by atoms with Crippen LogP contribution in [0.2, 0.25) is 0 Å². The van der Waals surface area contributed by atoms with E-state index in [4.69, 9.17) is 23.9 Å². The van der Waals surface area contributed by atoms with Gasteiger partial charge < -0.3 is 23.5 Å². The van der Waals surface area contributed by atoms with Crippen molar-refractivity contribution in [2.45, 2.75) is 23.9 Å². The number of fused-ring (bicyclic) bond motifs is 3. The van der Waals surface area contributed by atoms with Gasteiger partial charge in [-0.25, -0.2) is 4.98 Å². The Hall–Kier alpha value is -3.92. The fourth-order valence-electron chi connectivity index (χ4n) is 4.17. The fraction of sp³-hybridized carbons (Fsp3) is 0.240. The number of nitro benzene ring substituents is 1. The fourth-order valence-corrected chi connectivity index (χ4v) is 5.16. The minimum absolute atomic E-state index is 0.00509. The molecule has 35 heavy (non-hydrogen) atoms. The molecule has 3 aromatic carbocycles. The van der Waals surface area contributed by atoms with Crippen LogP contribution in [0.4, 0.5) is 5.69 Å². The molecule has 9 nitrogen and oxygen atoms in total. The Morgan fingerprint density at radius 2 is 1.54 bits per heavy atom. The highest BCUT2D eigenvalue weighted by atomic mass is 32.2. The minimum Gasteiger partial charge on any atom is -0.486 e. The van der Waals surface area contributed by atoms with Crippen molar-refractivity contribution in [3.05, 3.63) is 76.8 Å². The first-order valence-corrected chi connectivity index (χ1v) is 12.2. The summed E-state index contributed by atoms with van der Waals surface area (Å²) < 4.78 is 26.0. The average Bonchev–Trinajstić information content (AvgIpc) is 3.23. The van der Waals surface area contributed by atoms with Crippen molar-refractivity contribution >= 4 is 28.5 Å². The van der Waals surface area contributed by atoms with E-state index in [9.17, 15) is 10.1 Å². The first-order valence-electron chi connectivity index (χ1n) is 11.2. The third-order valence-electron chi connectivity index (χ3n) is 5.83. The van der Waals surface area contributed by atoms with Crippen LogP contribution in [0.1, 0.15) is 0 Å². The smallest absolute Gasteiger partial charge is 0.271 e. The summed E-state index contributed by atoms with van der Waals surface area (Å²) in [5, 5.41) is 12.0. The molecular weight excluding hydrogens is 470 g/mol. The molecule has 0 aliphatic carbocycles. The molecule has 0 fully saturated rings. The van der Waals surface area contributed by atoms with E-state index in [1.54, 1.807) is 6.07 Å². The zero-order valence-electron chi connectivity index (χ0n) is 18.5. The van der Waals surface area contributed by atoms with Gasteiger partial charge in [0.2, 0.25) is 0 Å². The Bertz CT molecular complexity index is 1410. The molecular formula is C25H21N3O6S. The lowest BCUT2D eigenvalue weighted by molar-refractivity contribution is -0.384. The Morgan fingerprint density at radius 1 is 0.914 bits per heavy atom. The largest absolute Gasteiger partial charge is 0.486 e. The Labute approximate surface area is 204 Å². The second-order valence-corrected chi connectivity index (χ2v) is 9.23. The van der Waals surface area contributed by atoms with Crippen LogP contribution in [0.3, 0.4) is 0 Å². The zero-order valence-corrected chi connectivity index (χ0v) is 19.3. The third-order valence-corrected chi connectivity index (χ3v) is 6.94. The number of rotatable bonds is 6. The summed E-state index contributed by atoms with van der Waals surface area (Å²) >= 11 is 1.52. The first-order chi connectivity index (χ1) is 17.1. The third kappa shape index (κ3) is 4.32. The number of nitrogens with zero attached hydrogens (tertiary/aromatic N) is 3. The van der Waals surface area contributed by atoms with Crippen LogP contribution in [0, 0.1) is 10.1 Å². The van der Waals surface area contributed by atoms with E-state index in [0.29, 0.717) is 36.8 Å². The molecule has 0 radical (unpaired) electrons. The highest BCUT2D eigenvalue weighted by Crippen LogP contribution is 2.35. The van der Waals surface area contributed by atoms with Gasteiger partial charge in [0, 0.05) is 17.9 Å². The molecule has 0 unspecified atom stereocenters. The summed E-state index contributed by atoms with van der Waals surface area (Å²) in [5.74, 6) is 3.48. The van der Waals surface area contributed by atoms with E-state index in [1.807, 2.05) is 53.1 Å². The number of ether oxygens (including phenoxy) is 4. The summed E-state index contributed by atoms with van der Waals surface area (Å²) in [5.41, 5.74) is 1.36. The number of non-ortho nitro benzene ring substituents is 1. The number of thioether (sulfide) groups is 1. The molecule has 2 aliphatic heterocycles. The van der Waals surface area contributed by atoms with Crippen LogP contribution in [0.25, 0.3) is 11.0 Å². The van der Waals surface area contributed by atoms with Gasteiger partial charge in [0.1, 0.15) is 19.3 Å². The van der Waals surface area contributed by atoms with Crippen molar-refractivity contribution in [2.24, 2.45) is 0 Å². The van der Waals surface area contributed by atoms with Crippen molar-refractivity contribution in [3.63, 3.8) is 0 Å². The van der Waals surface area contributed by atoms with Gasteiger partial charge in [-0.3, -0.25) is 10.1 Å². The maximum absolute atomic E-state index is 11.3. The maximum atomic E-state index is 11.3. The van der Waals surface area contributed by atoms with Gasteiger partial charge >= 0.3 is 0 Å². The molecule has 10 heteroatoms. The van der Waals surface area contributed by atoms with Crippen molar-refractivity contribution < 1.29 is 23.9 Å². The molecule has 6 rings (SSSR count). The van der Waals surface area contributed by atoms with Crippen LogP contribution in [0.5, 0.6) is 23.0 Å². The molecule has 2 aliphatic rings. The molecule has 4 aromatic rings. The maximum Gasteiger partial charge on any atom is 0.271 e. The SMILES string of the molecule is O=[N+]([O-])c1ccc2c(c1)nc(SC[C@H]1COc3ccccc3O1)n2C[C@@H]1COc2ccccc2O1. The van der Waals surface area contributed by atoms with Gasteiger partial charge in [-0.1, -0.05) is 36.0 Å². The molecule has 0 spiro atoms. The first kappa shape index (κ1) is 21.6. The number of hydrogen-bond acceptors (Lipinski definition) is 8. The van der Waals surface area contributed by atoms with Gasteiger partial charge in [-0.15, -0.1) is 0 Å². The monoisotopic (exact) mass is 491 g/mol. The Morgan fingerprint density at radius 3 is 2.23 bits per heavy atom. The highest BCUT2D eigenvalue weighted by molar-refractivity contribution is 7.99. The average molecular weight is 492 g/mol. The van der Waals surface area contributed by atoms with Crippen LogP contribution in [-0.2, 0) is 6.54 Å². The van der Waals surface area contributed by atoms with E-state index >= 15 is 0 Å². The van der Waals surface area contributed by atoms with Crippen LogP contribution in [-0.4, -0.2) is 45.6 Å². The second kappa shape index (κ2) is 9.03. The predicted molar refractivity (Wildman–Crippen MR) is 130 cm³/mol. The normalized spacial score (nSPS) is 18.4. The van der Waals surface area contributed by atoms with Crippen molar-refractivity contribution in [2.75, 3.05) is 19.0 Å². The van der Waals surface area contributed by atoms with Gasteiger partial charge in [-0.05, 0) is 30.3 Å². The number of benzene rings is 3. The summed E-state index contributed by atoms with van der Waals surface area (Å²) in [7, 11) is 0. The lowest BCUT2D eigenvalue weighted by Crippen LogP contribution is -2.33. The van der Waals surface area contributed by atoms with Crippen molar-refractivity contribution in [1.82, 2.24) is 9.55 Å². The summed E-state index contributed by atoms with van der Waals surface area (Å²) in [4.78, 5) is 15.6. The lowest BCUT2D eigenvalue weighted by atomic mass is 10.2. The van der Waals surface area contributed by atoms with Gasteiger partial charge in [0.25, 0.3) is 5.69 Å². The summed E-state index contributed by atoms with van der Waals surface area (Å²) in [6, 6.07) is 19.9. The number of hydrogen-bond donors (Lipinski definition) is 0. The quantitative estimate of drug-likeness (QED) is 0.217. The molecule has 0 amide bonds. The van der Waals surface area contributed by atoms with Gasteiger partial charge in [0.15, 0.2) is 34.3 Å². The molecule has 0 bridgehead atoms. The molecule has 0 saturated heterocycles. The minimum atomic E-state index is -0.412. The Kier molecular flexibility index (Phi) is 5.57. The van der Waals surface area contributed by atoms with E-state index in [0.717, 1.165) is 27.9 Å². The standard InChI is InChI=1S/C25H21N3O6S/c29-28(30)16-9-10-20-19(11-16)26-25(35-15-18-14-32-22-6-2-4-8-24(22)34-18)27(20)12-17-13-31-21-5-1-3-7-23(21)33-17/h1-11,17-18H,12-15H2/t17-,18-/m1/s1. The topological polar surface area (TPSA) is 97.9 Å². The molecule has 0 saturated carbocycles. The number of para-hydroxylation sites is 4. The second-order valence-electron chi connectivity index (χ2n) is 8.24. The number of aromatic nitrogens is 2. The molecule has 2 atom stereocenters. The van der Waals surface area contributed by atoms with Gasteiger partial charge in [0.05, 0.1) is 22.5 Å². The van der Waals surface area contributed by atoms with Crippen molar-refractivity contribution in [1.29, 1.82) is 0 Å². The van der Waals surface area contributed by atoms with Gasteiger partial charge in [-0.2, -0.15) is 0 Å². The molecule has 178 valence electrons.